The predicted octanol–water partition coefficient (Wildman–Crippen LogP) is 3.24. The molecule has 0 unspecified atom stereocenters. The number of aromatic nitrogens is 2. The molecule has 1 saturated carbocycles. The van der Waals surface area contributed by atoms with E-state index in [4.69, 9.17) is 11.5 Å². The number of aliphatic imine (C=N–C) groups is 1. The number of thioether (sulfide) groups is 1. The maximum absolute atomic E-state index is 6.53. The molecule has 1 spiro atoms. The van der Waals surface area contributed by atoms with Crippen LogP contribution in [0.25, 0.3) is 0 Å². The Morgan fingerprint density at radius 2 is 2.04 bits per heavy atom. The van der Waals surface area contributed by atoms with Gasteiger partial charge in [0, 0.05) is 36.3 Å². The molecular weight excluding hydrogens is 356 g/mol. The first kappa shape index (κ1) is 18.7. The van der Waals surface area contributed by atoms with E-state index < -0.39 is 0 Å². The van der Waals surface area contributed by atoms with Crippen molar-refractivity contribution in [2.45, 2.75) is 57.0 Å². The number of hydrogen-bond donors (Lipinski definition) is 2. The summed E-state index contributed by atoms with van der Waals surface area (Å²) in [6, 6.07) is 0.336. The summed E-state index contributed by atoms with van der Waals surface area (Å²) in [4.78, 5) is 17.2. The summed E-state index contributed by atoms with van der Waals surface area (Å²) in [6.07, 6.45) is 9.85. The van der Waals surface area contributed by atoms with E-state index in [2.05, 4.69) is 32.9 Å². The van der Waals surface area contributed by atoms with Crippen LogP contribution < -0.4 is 16.4 Å². The summed E-state index contributed by atoms with van der Waals surface area (Å²) < 4.78 is 0. The van der Waals surface area contributed by atoms with Crippen molar-refractivity contribution in [1.29, 1.82) is 0 Å². The van der Waals surface area contributed by atoms with Crippen LogP contribution in [0.2, 0.25) is 0 Å². The van der Waals surface area contributed by atoms with Crippen LogP contribution in [0.5, 0.6) is 0 Å². The molecule has 4 rings (SSSR count). The molecule has 0 bridgehead atoms. The Labute approximate surface area is 165 Å². The van der Waals surface area contributed by atoms with Crippen LogP contribution in [0.4, 0.5) is 11.6 Å². The Hall–Kier alpha value is -1.60. The lowest BCUT2D eigenvalue weighted by atomic mass is 9.73. The fourth-order valence-corrected chi connectivity index (χ4v) is 5.59. The molecule has 1 aromatic rings. The summed E-state index contributed by atoms with van der Waals surface area (Å²) in [6.45, 7) is 7.17. The number of nitrogen functional groups attached to an aromatic ring is 1. The van der Waals surface area contributed by atoms with Crippen molar-refractivity contribution in [1.82, 2.24) is 9.97 Å². The van der Waals surface area contributed by atoms with Gasteiger partial charge in [0.2, 0.25) is 0 Å². The number of hydrogen-bond acceptors (Lipinski definition) is 7. The van der Waals surface area contributed by atoms with E-state index in [9.17, 15) is 0 Å². The van der Waals surface area contributed by atoms with E-state index in [1.54, 1.807) is 11.8 Å². The van der Waals surface area contributed by atoms with Crippen molar-refractivity contribution in [2.24, 2.45) is 22.1 Å². The molecule has 7 heteroatoms. The van der Waals surface area contributed by atoms with Gasteiger partial charge in [0.25, 0.3) is 0 Å². The van der Waals surface area contributed by atoms with Gasteiger partial charge in [0.15, 0.2) is 5.82 Å². The molecule has 1 saturated heterocycles. The quantitative estimate of drug-likeness (QED) is 0.828. The third-order valence-corrected chi connectivity index (χ3v) is 7.81. The highest BCUT2D eigenvalue weighted by molar-refractivity contribution is 8.04. The maximum atomic E-state index is 6.53. The third kappa shape index (κ3) is 3.59. The summed E-state index contributed by atoms with van der Waals surface area (Å²) in [7, 11) is 0. The summed E-state index contributed by atoms with van der Waals surface area (Å²) >= 11 is 1.57. The Morgan fingerprint density at radius 1 is 1.26 bits per heavy atom. The van der Waals surface area contributed by atoms with Crippen molar-refractivity contribution in [2.75, 3.05) is 30.3 Å². The predicted molar refractivity (Wildman–Crippen MR) is 113 cm³/mol. The smallest absolute Gasteiger partial charge is 0.158 e. The van der Waals surface area contributed by atoms with Gasteiger partial charge in [0.05, 0.1) is 6.20 Å². The van der Waals surface area contributed by atoms with E-state index in [1.165, 1.54) is 12.8 Å². The molecule has 6 nitrogen and oxygen atoms in total. The van der Waals surface area contributed by atoms with Crippen LogP contribution in [-0.4, -0.2) is 41.4 Å². The zero-order valence-corrected chi connectivity index (χ0v) is 17.1. The Morgan fingerprint density at radius 3 is 2.67 bits per heavy atom. The fraction of sp³-hybridized carbons (Fsp3) is 0.650. The molecule has 3 heterocycles. The lowest BCUT2D eigenvalue weighted by Gasteiger charge is -2.43. The molecule has 146 valence electrons. The average Bonchev–Trinajstić information content (AvgIpc) is 2.94. The molecule has 2 aliphatic heterocycles. The first-order valence-electron chi connectivity index (χ1n) is 10.0. The van der Waals surface area contributed by atoms with Crippen LogP contribution in [0, 0.1) is 11.3 Å². The number of allylic oxidation sites excluding steroid dienone is 1. The number of nitrogens with two attached hydrogens (primary N) is 2. The van der Waals surface area contributed by atoms with Gasteiger partial charge in [-0.25, -0.2) is 9.97 Å². The molecule has 0 aromatic carbocycles. The van der Waals surface area contributed by atoms with Gasteiger partial charge >= 0.3 is 0 Å². The van der Waals surface area contributed by atoms with Crippen LogP contribution in [0.1, 0.15) is 46.0 Å². The number of dihydropyridines is 1. The van der Waals surface area contributed by atoms with Crippen molar-refractivity contribution in [3.63, 3.8) is 0 Å². The summed E-state index contributed by atoms with van der Waals surface area (Å²) in [5.74, 6) is 2.03. The van der Waals surface area contributed by atoms with E-state index in [0.717, 1.165) is 60.4 Å². The third-order valence-electron chi connectivity index (χ3n) is 6.62. The highest BCUT2D eigenvalue weighted by Crippen LogP contribution is 2.48. The first-order chi connectivity index (χ1) is 13.0. The van der Waals surface area contributed by atoms with E-state index in [0.29, 0.717) is 23.2 Å². The van der Waals surface area contributed by atoms with Crippen LogP contribution >= 0.6 is 11.8 Å². The minimum absolute atomic E-state index is 0.328. The molecule has 1 aromatic heterocycles. The van der Waals surface area contributed by atoms with Gasteiger partial charge in [-0.2, -0.15) is 0 Å². The monoisotopic (exact) mass is 386 g/mol. The molecule has 3 aliphatic rings. The number of piperidine rings is 1. The highest BCUT2D eigenvalue weighted by atomic mass is 32.2. The number of anilines is 2. The Kier molecular flexibility index (Phi) is 5.16. The molecule has 0 amide bonds. The molecule has 4 N–H and O–H groups in total. The largest absolute Gasteiger partial charge is 0.381 e. The zero-order chi connectivity index (χ0) is 19.0. The summed E-state index contributed by atoms with van der Waals surface area (Å²) in [5, 5.41) is 0.765. The van der Waals surface area contributed by atoms with Gasteiger partial charge in [-0.15, -0.1) is 0 Å². The highest BCUT2D eigenvalue weighted by Gasteiger charge is 2.46. The van der Waals surface area contributed by atoms with Crippen molar-refractivity contribution in [3.05, 3.63) is 17.2 Å². The minimum atomic E-state index is 0.328. The second kappa shape index (κ2) is 7.43. The Balaban J connectivity index is 1.43. The molecule has 1 aliphatic carbocycles. The van der Waals surface area contributed by atoms with Gasteiger partial charge in [-0.1, -0.05) is 24.8 Å². The molecular formula is C20H30N6S. The van der Waals surface area contributed by atoms with E-state index in [1.807, 2.05) is 13.1 Å². The van der Waals surface area contributed by atoms with Crippen LogP contribution in [-0.2, 0) is 0 Å². The number of rotatable bonds is 3. The average molecular weight is 387 g/mol. The standard InChI is InChI=1S/C20H30N6S/c1-13-5-6-20(17(13)21)7-10-26(11-8-20)16-12-24-19(18(22)25-16)27-15-4-3-9-23-14(15)2/h4,12-13,17H,3,5-11,21H2,1-2H3,(H2,22,25)/t13-,17-/m1/s1. The maximum Gasteiger partial charge on any atom is 0.158 e. The molecule has 2 fully saturated rings. The Bertz CT molecular complexity index is 766. The summed E-state index contributed by atoms with van der Waals surface area (Å²) in [5.41, 5.74) is 14.2. The van der Waals surface area contributed by atoms with Crippen molar-refractivity contribution >= 4 is 29.1 Å². The second-order valence-corrected chi connectivity index (χ2v) is 9.27. The molecule has 2 atom stereocenters. The first-order valence-corrected chi connectivity index (χ1v) is 10.8. The van der Waals surface area contributed by atoms with Crippen LogP contribution in [0.3, 0.4) is 0 Å². The van der Waals surface area contributed by atoms with Gasteiger partial charge in [0.1, 0.15) is 10.8 Å². The van der Waals surface area contributed by atoms with Crippen LogP contribution in [0.15, 0.2) is 27.2 Å². The van der Waals surface area contributed by atoms with E-state index in [-0.39, 0.29) is 0 Å². The van der Waals surface area contributed by atoms with Gasteiger partial charge in [-0.3, -0.25) is 4.99 Å². The number of nitrogens with zero attached hydrogens (tertiary/aromatic N) is 4. The minimum Gasteiger partial charge on any atom is -0.381 e. The topological polar surface area (TPSA) is 93.4 Å². The fourth-order valence-electron chi connectivity index (χ4n) is 4.72. The van der Waals surface area contributed by atoms with Gasteiger partial charge < -0.3 is 16.4 Å². The SMILES string of the molecule is CC1=NCCC=C1Sc1ncc(N2CCC3(CC[C@@H](C)[C@H]3N)CC2)nc1N. The normalized spacial score (nSPS) is 27.6. The molecule has 27 heavy (non-hydrogen) atoms. The van der Waals surface area contributed by atoms with Crippen molar-refractivity contribution in [3.8, 4) is 0 Å². The molecule has 0 radical (unpaired) electrons. The lowest BCUT2D eigenvalue weighted by Crippen LogP contribution is -2.48. The van der Waals surface area contributed by atoms with E-state index >= 15 is 0 Å². The van der Waals surface area contributed by atoms with Gasteiger partial charge in [-0.05, 0) is 50.4 Å². The van der Waals surface area contributed by atoms with Crippen molar-refractivity contribution < 1.29 is 0 Å². The zero-order valence-electron chi connectivity index (χ0n) is 16.3. The second-order valence-electron chi connectivity index (χ2n) is 8.24. The lowest BCUT2D eigenvalue weighted by molar-refractivity contribution is 0.186.